The number of esters is 1. The van der Waals surface area contributed by atoms with Crippen LogP contribution in [-0.4, -0.2) is 80.6 Å². The van der Waals surface area contributed by atoms with Crippen molar-refractivity contribution in [3.8, 4) is 0 Å². The van der Waals surface area contributed by atoms with Gasteiger partial charge in [-0.15, -0.1) is 0 Å². The first-order chi connectivity index (χ1) is 33.7. The van der Waals surface area contributed by atoms with E-state index >= 15 is 0 Å². The highest BCUT2D eigenvalue weighted by Crippen LogP contribution is 2.44. The fraction of sp³-hybridized carbons (Fsp3) is 0.429. The van der Waals surface area contributed by atoms with Crippen LogP contribution in [0.5, 0.6) is 0 Å². The molecule has 4 atom stereocenters. The molecule has 0 saturated heterocycles. The second kappa shape index (κ2) is 22.8. The van der Waals surface area contributed by atoms with E-state index in [1.807, 2.05) is 101 Å². The molecular weight excluding hydrogens is 917 g/mol. The summed E-state index contributed by atoms with van der Waals surface area (Å²) in [6, 6.07) is 30.9. The Kier molecular flexibility index (Phi) is 17.6. The third-order valence-electron chi connectivity index (χ3n) is 11.6. The molecule has 0 bridgehead atoms. The second-order valence-corrected chi connectivity index (χ2v) is 20.8. The number of guanidine groups is 2. The van der Waals surface area contributed by atoms with Crippen molar-refractivity contribution in [1.29, 1.82) is 0 Å². The van der Waals surface area contributed by atoms with Gasteiger partial charge in [0, 0.05) is 0 Å². The molecule has 0 radical (unpaired) electrons. The lowest BCUT2D eigenvalue weighted by Crippen LogP contribution is -2.48. The molecule has 2 heterocycles. The molecule has 16 heteroatoms. The first kappa shape index (κ1) is 55.6. The van der Waals surface area contributed by atoms with E-state index in [1.54, 1.807) is 85.7 Å². The summed E-state index contributed by atoms with van der Waals surface area (Å²) in [6.45, 7) is 24.3. The van der Waals surface area contributed by atoms with Crippen molar-refractivity contribution >= 4 is 47.9 Å². The monoisotopic (exact) mass is 987 g/mol. The van der Waals surface area contributed by atoms with Crippen LogP contribution in [0.25, 0.3) is 0 Å². The van der Waals surface area contributed by atoms with Gasteiger partial charge in [0.2, 0.25) is 11.9 Å². The zero-order chi connectivity index (χ0) is 53.3. The van der Waals surface area contributed by atoms with Crippen LogP contribution >= 0.6 is 0 Å². The van der Waals surface area contributed by atoms with Gasteiger partial charge in [0.05, 0.1) is 29.8 Å². The first-order valence-electron chi connectivity index (χ1n) is 24.3. The van der Waals surface area contributed by atoms with Crippen LogP contribution < -0.4 is 10.6 Å². The molecule has 72 heavy (non-hydrogen) atoms. The van der Waals surface area contributed by atoms with E-state index in [4.69, 9.17) is 24.2 Å². The predicted octanol–water partition coefficient (Wildman–Crippen LogP) is 10.7. The lowest BCUT2D eigenvalue weighted by molar-refractivity contribution is -0.134. The lowest BCUT2D eigenvalue weighted by atomic mass is 9.82. The van der Waals surface area contributed by atoms with Gasteiger partial charge >= 0.3 is 24.1 Å². The molecule has 6 rings (SSSR count). The van der Waals surface area contributed by atoms with Crippen LogP contribution in [0.15, 0.2) is 119 Å². The Morgan fingerprint density at radius 2 is 0.958 bits per heavy atom. The number of carbonyl (C=O) groups is 6. The number of nitrogens with one attached hydrogen (secondary N) is 2. The van der Waals surface area contributed by atoms with E-state index in [1.165, 1.54) is 21.9 Å². The smallest absolute Gasteiger partial charge is 0.414 e. The SMILES string of the molecule is CC(C)C[C@]1(c2ccccc2)N=C(NC(=O)OC(C)(C)C)N([C@H](C)c2cccc(C(=O)O)c2)C1=O.CCOC(=O)c1cccc([C@@H](C)N2C(=O)[C@@](CC(C)C)(c3ccccc3)N=C2NC(=O)OC(C)(C)C)c1. The molecule has 0 aromatic heterocycles. The number of hydrogen-bond acceptors (Lipinski definition) is 11. The van der Waals surface area contributed by atoms with Crippen molar-refractivity contribution < 1.29 is 48.1 Å². The minimum absolute atomic E-state index is 0.0713. The number of aliphatic imine (C=N–C) groups is 2. The van der Waals surface area contributed by atoms with Crippen molar-refractivity contribution in [2.24, 2.45) is 21.8 Å². The minimum atomic E-state index is -1.24. The van der Waals surface area contributed by atoms with Crippen molar-refractivity contribution in [2.75, 3.05) is 6.61 Å². The van der Waals surface area contributed by atoms with Gasteiger partial charge < -0.3 is 19.3 Å². The highest BCUT2D eigenvalue weighted by Gasteiger charge is 2.53. The van der Waals surface area contributed by atoms with Gasteiger partial charge in [0.1, 0.15) is 11.2 Å². The lowest BCUT2D eigenvalue weighted by Gasteiger charge is -2.31. The number of aromatic carboxylic acids is 1. The molecule has 0 spiro atoms. The van der Waals surface area contributed by atoms with Crippen LogP contribution in [0.3, 0.4) is 0 Å². The number of ether oxygens (including phenoxy) is 3. The third-order valence-corrected chi connectivity index (χ3v) is 11.6. The Labute approximate surface area is 423 Å². The van der Waals surface area contributed by atoms with Gasteiger partial charge in [-0.1, -0.05) is 113 Å². The van der Waals surface area contributed by atoms with Crippen LogP contribution in [-0.2, 0) is 34.9 Å². The summed E-state index contributed by atoms with van der Waals surface area (Å²) in [5, 5.41) is 14.8. The molecule has 2 aliphatic heterocycles. The number of benzene rings is 4. The molecule has 0 saturated carbocycles. The van der Waals surface area contributed by atoms with E-state index < -0.39 is 58.5 Å². The van der Waals surface area contributed by atoms with Crippen LogP contribution in [0, 0.1) is 11.8 Å². The average molecular weight is 987 g/mol. The topological polar surface area (TPSA) is 206 Å². The number of carboxylic acids is 1. The second-order valence-electron chi connectivity index (χ2n) is 20.8. The predicted molar refractivity (Wildman–Crippen MR) is 275 cm³/mol. The highest BCUT2D eigenvalue weighted by molar-refractivity contribution is 6.12. The molecule has 4 amide bonds. The molecule has 0 unspecified atom stereocenters. The third kappa shape index (κ3) is 13.3. The molecule has 2 aliphatic rings. The number of rotatable bonds is 13. The van der Waals surface area contributed by atoms with E-state index in [9.17, 15) is 33.9 Å². The van der Waals surface area contributed by atoms with Gasteiger partial charge in [-0.2, -0.15) is 0 Å². The maximum atomic E-state index is 14.3. The zero-order valence-corrected chi connectivity index (χ0v) is 43.7. The molecule has 0 fully saturated rings. The van der Waals surface area contributed by atoms with Crippen molar-refractivity contribution in [3.63, 3.8) is 0 Å². The standard InChI is InChI=1S/C29H37N3O5.C27H33N3O5/c1-8-36-24(33)22-14-12-13-21(17-22)20(4)32-25(34)29(18-19(2)3,23-15-10-9-11-16-23)31-26(32)30-27(35)37-28(5,6)7;1-17(2)16-27(21-13-8-7-9-14-21)23(33)30(24(29-27)28-25(34)35-26(4,5)6)18(3)19-11-10-12-20(15-19)22(31)32/h9-17,19-20H,8,18H2,1-7H3,(H,30,31,35);7-15,17-18H,16H2,1-6H3,(H,31,32)(H,28,29,34)/t20-,29-;18-,27-/m11/s1. The van der Waals surface area contributed by atoms with E-state index in [0.29, 0.717) is 29.5 Å². The Hall–Kier alpha value is -7.36. The maximum absolute atomic E-state index is 14.3. The fourth-order valence-corrected chi connectivity index (χ4v) is 8.70. The zero-order valence-electron chi connectivity index (χ0n) is 43.7. The summed E-state index contributed by atoms with van der Waals surface area (Å²) < 4.78 is 16.0. The van der Waals surface area contributed by atoms with Crippen LogP contribution in [0.1, 0.15) is 158 Å². The molecule has 0 aliphatic carbocycles. The normalized spacial score (nSPS) is 18.7. The maximum Gasteiger partial charge on any atom is 0.414 e. The molecule has 4 aromatic carbocycles. The largest absolute Gasteiger partial charge is 0.478 e. The van der Waals surface area contributed by atoms with Gasteiger partial charge in [-0.3, -0.25) is 30.0 Å². The van der Waals surface area contributed by atoms with Crippen LogP contribution in [0.4, 0.5) is 9.59 Å². The summed E-state index contributed by atoms with van der Waals surface area (Å²) in [4.78, 5) is 90.5. The Balaban J connectivity index is 0.000000268. The number of carboxylic acid groups (broad SMARTS) is 1. The van der Waals surface area contributed by atoms with Crippen molar-refractivity contribution in [3.05, 3.63) is 143 Å². The number of carbonyl (C=O) groups excluding carboxylic acids is 5. The van der Waals surface area contributed by atoms with Crippen LogP contribution in [0.2, 0.25) is 0 Å². The van der Waals surface area contributed by atoms with E-state index in [0.717, 1.165) is 11.1 Å². The molecule has 4 aromatic rings. The number of amides is 4. The van der Waals surface area contributed by atoms with Crippen molar-refractivity contribution in [2.45, 2.75) is 137 Å². The first-order valence-corrected chi connectivity index (χ1v) is 24.3. The van der Waals surface area contributed by atoms with Gasteiger partial charge in [-0.05, 0) is 134 Å². The number of alkyl carbamates (subject to hydrolysis) is 2. The highest BCUT2D eigenvalue weighted by atomic mass is 16.6. The van der Waals surface area contributed by atoms with Gasteiger partial charge in [0.15, 0.2) is 11.1 Å². The summed E-state index contributed by atoms with van der Waals surface area (Å²) in [5.41, 5.74) is -0.672. The Bertz CT molecular complexity index is 2670. The van der Waals surface area contributed by atoms with Gasteiger partial charge in [0.25, 0.3) is 11.8 Å². The number of hydrogen-bond donors (Lipinski definition) is 3. The summed E-state index contributed by atoms with van der Waals surface area (Å²) in [5.74, 6) is -1.62. The minimum Gasteiger partial charge on any atom is -0.478 e. The Morgan fingerprint density at radius 1 is 0.583 bits per heavy atom. The summed E-state index contributed by atoms with van der Waals surface area (Å²) in [7, 11) is 0. The molecule has 3 N–H and O–H groups in total. The quantitative estimate of drug-likeness (QED) is 0.0853. The van der Waals surface area contributed by atoms with Gasteiger partial charge in [-0.25, -0.2) is 29.2 Å². The van der Waals surface area contributed by atoms with E-state index in [2.05, 4.69) is 10.6 Å². The summed E-state index contributed by atoms with van der Waals surface area (Å²) in [6.07, 6.45) is -0.561. The number of nitrogens with zero attached hydrogens (tertiary/aromatic N) is 4. The molecular formula is C56H70N6O10. The Morgan fingerprint density at radius 3 is 1.31 bits per heavy atom. The molecule has 16 nitrogen and oxygen atoms in total. The average Bonchev–Trinajstić information content (AvgIpc) is 3.72. The van der Waals surface area contributed by atoms with E-state index in [-0.39, 0.29) is 47.7 Å². The summed E-state index contributed by atoms with van der Waals surface area (Å²) >= 11 is 0. The molecule has 384 valence electrons. The van der Waals surface area contributed by atoms with Crippen molar-refractivity contribution in [1.82, 2.24) is 20.4 Å². The fourth-order valence-electron chi connectivity index (χ4n) is 8.70.